The molecular weight excluding hydrogens is 235 g/mol. The number of aryl methyl sites for hydroxylation is 1. The highest BCUT2D eigenvalue weighted by Crippen LogP contribution is 2.31. The quantitative estimate of drug-likeness (QED) is 0.828. The highest BCUT2D eigenvalue weighted by Gasteiger charge is 2.36. The maximum absolute atomic E-state index is 13.2. The van der Waals surface area contributed by atoms with Crippen molar-refractivity contribution >= 4 is 11.8 Å². The minimum atomic E-state index is -0.859. The van der Waals surface area contributed by atoms with E-state index in [1.165, 1.54) is 11.0 Å². The number of amides is 1. The first-order chi connectivity index (χ1) is 8.65. The molecule has 0 spiro atoms. The Balaban J connectivity index is 1.78. The number of anilines is 1. The van der Waals surface area contributed by atoms with Crippen molar-refractivity contribution in [2.75, 3.05) is 24.5 Å². The lowest BCUT2D eigenvalue weighted by Crippen LogP contribution is -2.61. The topological polar surface area (TPSA) is 43.8 Å². The fourth-order valence-corrected chi connectivity index (χ4v) is 2.78. The molecule has 4 nitrogen and oxygen atoms in total. The molecule has 1 fully saturated rings. The highest BCUT2D eigenvalue weighted by atomic mass is 19.1. The third-order valence-electron chi connectivity index (χ3n) is 3.77. The SMILES string of the molecule is O=C(O)N1CC(N2CCCc3cc(F)ccc32)C1. The molecule has 1 amide bonds. The van der Waals surface area contributed by atoms with Crippen LogP contribution < -0.4 is 4.90 Å². The number of nitrogens with zero attached hydrogens (tertiary/aromatic N) is 2. The first-order valence-electron chi connectivity index (χ1n) is 6.18. The van der Waals surface area contributed by atoms with Gasteiger partial charge < -0.3 is 14.9 Å². The van der Waals surface area contributed by atoms with Crippen molar-refractivity contribution in [2.45, 2.75) is 18.9 Å². The third kappa shape index (κ3) is 1.79. The first-order valence-corrected chi connectivity index (χ1v) is 6.18. The molecular formula is C13H15FN2O2. The van der Waals surface area contributed by atoms with Gasteiger partial charge in [-0.3, -0.25) is 0 Å². The van der Waals surface area contributed by atoms with E-state index in [0.29, 0.717) is 13.1 Å². The van der Waals surface area contributed by atoms with Gasteiger partial charge in [-0.05, 0) is 36.6 Å². The molecule has 1 N–H and O–H groups in total. The monoisotopic (exact) mass is 250 g/mol. The number of benzene rings is 1. The van der Waals surface area contributed by atoms with Crippen LogP contribution in [0.3, 0.4) is 0 Å². The highest BCUT2D eigenvalue weighted by molar-refractivity contribution is 5.67. The van der Waals surface area contributed by atoms with Gasteiger partial charge in [-0.1, -0.05) is 0 Å². The zero-order chi connectivity index (χ0) is 12.7. The Hall–Kier alpha value is -1.78. The molecule has 0 radical (unpaired) electrons. The van der Waals surface area contributed by atoms with Gasteiger partial charge in [0.15, 0.2) is 0 Å². The first kappa shape index (κ1) is 11.3. The lowest BCUT2D eigenvalue weighted by atomic mass is 9.97. The Labute approximate surface area is 105 Å². The van der Waals surface area contributed by atoms with Crippen LogP contribution in [0.1, 0.15) is 12.0 Å². The van der Waals surface area contributed by atoms with E-state index in [1.807, 2.05) is 6.07 Å². The largest absolute Gasteiger partial charge is 0.465 e. The van der Waals surface area contributed by atoms with E-state index in [-0.39, 0.29) is 11.9 Å². The van der Waals surface area contributed by atoms with E-state index in [2.05, 4.69) is 4.90 Å². The average molecular weight is 250 g/mol. The van der Waals surface area contributed by atoms with Gasteiger partial charge in [-0.25, -0.2) is 9.18 Å². The summed E-state index contributed by atoms with van der Waals surface area (Å²) in [6.07, 6.45) is 1.04. The molecule has 1 saturated heterocycles. The van der Waals surface area contributed by atoms with Gasteiger partial charge in [0.25, 0.3) is 0 Å². The zero-order valence-corrected chi connectivity index (χ0v) is 9.97. The van der Waals surface area contributed by atoms with E-state index in [1.54, 1.807) is 6.07 Å². The van der Waals surface area contributed by atoms with Gasteiger partial charge in [-0.15, -0.1) is 0 Å². The van der Waals surface area contributed by atoms with Gasteiger partial charge >= 0.3 is 6.09 Å². The van der Waals surface area contributed by atoms with Gasteiger partial charge in [-0.2, -0.15) is 0 Å². The second-order valence-corrected chi connectivity index (χ2v) is 4.91. The molecule has 0 saturated carbocycles. The Morgan fingerprint density at radius 3 is 2.89 bits per heavy atom. The Morgan fingerprint density at radius 1 is 1.39 bits per heavy atom. The van der Waals surface area contributed by atoms with Crippen molar-refractivity contribution in [3.05, 3.63) is 29.6 Å². The van der Waals surface area contributed by atoms with Crippen LogP contribution in [0, 0.1) is 5.82 Å². The molecule has 96 valence electrons. The number of fused-ring (bicyclic) bond motifs is 1. The van der Waals surface area contributed by atoms with Crippen molar-refractivity contribution < 1.29 is 14.3 Å². The van der Waals surface area contributed by atoms with E-state index in [4.69, 9.17) is 5.11 Å². The minimum absolute atomic E-state index is 0.198. The number of likely N-dealkylation sites (tertiary alicyclic amines) is 1. The number of halogens is 1. The Morgan fingerprint density at radius 2 is 2.17 bits per heavy atom. The number of hydrogen-bond acceptors (Lipinski definition) is 2. The Bertz CT molecular complexity index is 486. The molecule has 2 aliphatic rings. The summed E-state index contributed by atoms with van der Waals surface area (Å²) < 4.78 is 13.2. The van der Waals surface area contributed by atoms with Crippen molar-refractivity contribution in [3.8, 4) is 0 Å². The van der Waals surface area contributed by atoms with Crippen LogP contribution in [0.4, 0.5) is 14.9 Å². The Kier molecular flexibility index (Phi) is 2.61. The van der Waals surface area contributed by atoms with E-state index in [0.717, 1.165) is 30.6 Å². The van der Waals surface area contributed by atoms with Crippen LogP contribution in [0.15, 0.2) is 18.2 Å². The molecule has 3 rings (SSSR count). The summed E-state index contributed by atoms with van der Waals surface area (Å²) in [4.78, 5) is 14.4. The maximum atomic E-state index is 13.2. The van der Waals surface area contributed by atoms with Crippen LogP contribution >= 0.6 is 0 Å². The molecule has 18 heavy (non-hydrogen) atoms. The predicted molar refractivity (Wildman–Crippen MR) is 65.5 cm³/mol. The van der Waals surface area contributed by atoms with E-state index in [9.17, 15) is 9.18 Å². The second kappa shape index (κ2) is 4.15. The van der Waals surface area contributed by atoms with Crippen LogP contribution in [-0.2, 0) is 6.42 Å². The lowest BCUT2D eigenvalue weighted by molar-refractivity contribution is 0.104. The molecule has 0 atom stereocenters. The summed E-state index contributed by atoms with van der Waals surface area (Å²) in [5, 5.41) is 8.84. The molecule has 0 bridgehead atoms. The fraction of sp³-hybridized carbons (Fsp3) is 0.462. The minimum Gasteiger partial charge on any atom is -0.465 e. The fourth-order valence-electron chi connectivity index (χ4n) is 2.78. The average Bonchev–Trinajstić information content (AvgIpc) is 2.26. The molecule has 5 heteroatoms. The third-order valence-corrected chi connectivity index (χ3v) is 3.77. The van der Waals surface area contributed by atoms with Crippen LogP contribution in [0.2, 0.25) is 0 Å². The van der Waals surface area contributed by atoms with Crippen molar-refractivity contribution in [3.63, 3.8) is 0 Å². The van der Waals surface area contributed by atoms with E-state index < -0.39 is 6.09 Å². The summed E-state index contributed by atoms with van der Waals surface area (Å²) in [6.45, 7) is 2.02. The van der Waals surface area contributed by atoms with Crippen molar-refractivity contribution in [1.82, 2.24) is 4.90 Å². The van der Waals surface area contributed by atoms with Gasteiger partial charge in [0, 0.05) is 25.3 Å². The van der Waals surface area contributed by atoms with Crippen LogP contribution in [0.25, 0.3) is 0 Å². The maximum Gasteiger partial charge on any atom is 0.407 e. The number of carboxylic acid groups (broad SMARTS) is 1. The molecule has 2 aliphatic heterocycles. The van der Waals surface area contributed by atoms with E-state index >= 15 is 0 Å². The number of rotatable bonds is 1. The summed E-state index contributed by atoms with van der Waals surface area (Å²) in [6, 6.07) is 5.12. The zero-order valence-electron chi connectivity index (χ0n) is 9.97. The van der Waals surface area contributed by atoms with Gasteiger partial charge in [0.2, 0.25) is 0 Å². The van der Waals surface area contributed by atoms with Crippen LogP contribution in [-0.4, -0.2) is 41.8 Å². The van der Waals surface area contributed by atoms with Gasteiger partial charge in [0.05, 0.1) is 6.04 Å². The summed E-state index contributed by atoms with van der Waals surface area (Å²) in [5.74, 6) is -0.198. The van der Waals surface area contributed by atoms with Crippen molar-refractivity contribution in [1.29, 1.82) is 0 Å². The summed E-state index contributed by atoms with van der Waals surface area (Å²) in [5.41, 5.74) is 2.10. The molecule has 0 aliphatic carbocycles. The molecule has 0 aromatic heterocycles. The predicted octanol–water partition coefficient (Wildman–Crippen LogP) is 1.94. The summed E-state index contributed by atoms with van der Waals surface area (Å²) >= 11 is 0. The molecule has 2 heterocycles. The standard InChI is InChI=1S/C13H15FN2O2/c14-10-3-4-12-9(6-10)2-1-5-16(12)11-7-15(8-11)13(17)18/h3-4,6,11H,1-2,5,7-8H2,(H,17,18). The summed E-state index contributed by atoms with van der Waals surface area (Å²) in [7, 11) is 0. The van der Waals surface area contributed by atoms with Crippen LogP contribution in [0.5, 0.6) is 0 Å². The normalized spacial score (nSPS) is 19.4. The second-order valence-electron chi connectivity index (χ2n) is 4.91. The molecule has 1 aromatic rings. The number of carbonyl (C=O) groups is 1. The number of hydrogen-bond donors (Lipinski definition) is 1. The van der Waals surface area contributed by atoms with Gasteiger partial charge in [0.1, 0.15) is 5.82 Å². The molecule has 1 aromatic carbocycles. The molecule has 0 unspecified atom stereocenters. The lowest BCUT2D eigenvalue weighted by Gasteiger charge is -2.47. The smallest absolute Gasteiger partial charge is 0.407 e. The van der Waals surface area contributed by atoms with Crippen molar-refractivity contribution in [2.24, 2.45) is 0 Å².